The molecule has 6 nitrogen and oxygen atoms in total. The van der Waals surface area contributed by atoms with Gasteiger partial charge < -0.3 is 15.0 Å². The SMILES string of the molecule is COc1cccc([C@]2(C)NC(=O)N(C[NH+]3CCCCCCC3)C2=O)c1. The molecule has 0 unspecified atom stereocenters. The molecule has 1 atom stereocenters. The van der Waals surface area contributed by atoms with E-state index < -0.39 is 5.54 Å². The summed E-state index contributed by atoms with van der Waals surface area (Å²) in [6.07, 6.45) is 6.10. The summed E-state index contributed by atoms with van der Waals surface area (Å²) in [4.78, 5) is 28.3. The van der Waals surface area contributed by atoms with Crippen LogP contribution in [-0.4, -0.2) is 43.7 Å². The van der Waals surface area contributed by atoms with Gasteiger partial charge in [0, 0.05) is 0 Å². The van der Waals surface area contributed by atoms with Crippen LogP contribution in [0.1, 0.15) is 44.6 Å². The molecule has 0 spiro atoms. The molecule has 136 valence electrons. The molecule has 2 fully saturated rings. The molecule has 0 radical (unpaired) electrons. The summed E-state index contributed by atoms with van der Waals surface area (Å²) in [5.74, 6) is 0.494. The molecule has 2 aliphatic heterocycles. The maximum absolute atomic E-state index is 13.1. The number of methoxy groups -OCH3 is 1. The van der Waals surface area contributed by atoms with Crippen molar-refractivity contribution in [3.63, 3.8) is 0 Å². The Bertz CT molecular complexity index is 641. The standard InChI is InChI=1S/C19H27N3O3/c1-19(15-9-8-10-16(13-15)25-2)17(23)22(18(24)20-19)14-21-11-6-4-3-5-7-12-21/h8-10,13H,3-7,11-12,14H2,1-2H3,(H,20,24)/p+1/t19-/m0/s1. The zero-order valence-corrected chi connectivity index (χ0v) is 15.1. The predicted molar refractivity (Wildman–Crippen MR) is 94.4 cm³/mol. The third kappa shape index (κ3) is 3.63. The number of benzene rings is 1. The van der Waals surface area contributed by atoms with E-state index in [1.165, 1.54) is 29.1 Å². The van der Waals surface area contributed by atoms with Crippen molar-refractivity contribution >= 4 is 11.9 Å². The number of imide groups is 1. The van der Waals surface area contributed by atoms with Crippen LogP contribution < -0.4 is 15.0 Å². The van der Waals surface area contributed by atoms with Crippen molar-refractivity contribution in [2.24, 2.45) is 0 Å². The van der Waals surface area contributed by atoms with Crippen LogP contribution in [0.5, 0.6) is 5.75 Å². The second-order valence-corrected chi connectivity index (χ2v) is 7.20. The van der Waals surface area contributed by atoms with E-state index in [2.05, 4.69) is 5.32 Å². The molecule has 2 aliphatic rings. The fraction of sp³-hybridized carbons (Fsp3) is 0.579. The normalized spacial score (nSPS) is 25.4. The van der Waals surface area contributed by atoms with Crippen LogP contribution in [0.2, 0.25) is 0 Å². The topological polar surface area (TPSA) is 63.1 Å². The summed E-state index contributed by atoms with van der Waals surface area (Å²) >= 11 is 0. The van der Waals surface area contributed by atoms with Crippen molar-refractivity contribution in [2.45, 2.75) is 44.6 Å². The first-order chi connectivity index (χ1) is 12.0. The van der Waals surface area contributed by atoms with Gasteiger partial charge in [0.15, 0.2) is 6.67 Å². The van der Waals surface area contributed by atoms with E-state index >= 15 is 0 Å². The molecule has 25 heavy (non-hydrogen) atoms. The maximum Gasteiger partial charge on any atom is 0.329 e. The van der Waals surface area contributed by atoms with Crippen LogP contribution in [-0.2, 0) is 10.3 Å². The van der Waals surface area contributed by atoms with Crippen LogP contribution in [0.3, 0.4) is 0 Å². The van der Waals surface area contributed by atoms with Gasteiger partial charge in [0.05, 0.1) is 20.2 Å². The van der Waals surface area contributed by atoms with E-state index in [9.17, 15) is 9.59 Å². The molecule has 6 heteroatoms. The molecule has 0 aromatic heterocycles. The number of carbonyl (C=O) groups is 2. The Balaban J connectivity index is 1.76. The lowest BCUT2D eigenvalue weighted by molar-refractivity contribution is -0.908. The summed E-state index contributed by atoms with van der Waals surface area (Å²) in [5, 5.41) is 2.88. The number of carbonyl (C=O) groups excluding carboxylic acids is 2. The smallest absolute Gasteiger partial charge is 0.329 e. The van der Waals surface area contributed by atoms with Gasteiger partial charge in [-0.1, -0.05) is 18.6 Å². The van der Waals surface area contributed by atoms with E-state index in [1.54, 1.807) is 14.0 Å². The number of rotatable bonds is 4. The van der Waals surface area contributed by atoms with Gasteiger partial charge in [0.2, 0.25) is 0 Å². The second kappa shape index (κ2) is 7.44. The third-order valence-electron chi connectivity index (χ3n) is 5.36. The molecule has 2 N–H and O–H groups in total. The van der Waals surface area contributed by atoms with Gasteiger partial charge in [0.25, 0.3) is 5.91 Å². The number of hydrogen-bond donors (Lipinski definition) is 2. The minimum absolute atomic E-state index is 0.180. The summed E-state index contributed by atoms with van der Waals surface area (Å²) in [5.41, 5.74) is -0.288. The van der Waals surface area contributed by atoms with E-state index in [0.29, 0.717) is 12.4 Å². The Kier molecular flexibility index (Phi) is 5.27. The Morgan fingerprint density at radius 2 is 1.84 bits per heavy atom. The Labute approximate surface area is 149 Å². The van der Waals surface area contributed by atoms with Crippen molar-refractivity contribution < 1.29 is 19.2 Å². The molecule has 1 aromatic carbocycles. The van der Waals surface area contributed by atoms with E-state index in [-0.39, 0.29) is 11.9 Å². The first-order valence-corrected chi connectivity index (χ1v) is 9.17. The number of quaternary nitrogens is 1. The van der Waals surface area contributed by atoms with Crippen molar-refractivity contribution in [1.82, 2.24) is 10.2 Å². The minimum Gasteiger partial charge on any atom is -0.497 e. The first kappa shape index (κ1) is 17.7. The molecular formula is C19H28N3O3+. The lowest BCUT2D eigenvalue weighted by Gasteiger charge is -2.26. The van der Waals surface area contributed by atoms with Crippen molar-refractivity contribution in [3.8, 4) is 5.75 Å². The largest absolute Gasteiger partial charge is 0.497 e. The highest BCUT2D eigenvalue weighted by atomic mass is 16.5. The molecule has 3 amide bonds. The fourth-order valence-electron chi connectivity index (χ4n) is 3.76. The van der Waals surface area contributed by atoms with E-state index in [0.717, 1.165) is 31.5 Å². The summed E-state index contributed by atoms with van der Waals surface area (Å²) in [6.45, 7) is 4.26. The highest BCUT2D eigenvalue weighted by Crippen LogP contribution is 2.30. The van der Waals surface area contributed by atoms with Crippen LogP contribution >= 0.6 is 0 Å². The van der Waals surface area contributed by atoms with Crippen LogP contribution in [0.25, 0.3) is 0 Å². The quantitative estimate of drug-likeness (QED) is 0.807. The second-order valence-electron chi connectivity index (χ2n) is 7.20. The molecule has 2 heterocycles. The number of nitrogens with zero attached hydrogens (tertiary/aromatic N) is 1. The summed E-state index contributed by atoms with van der Waals surface area (Å²) in [7, 11) is 1.59. The molecule has 0 saturated carbocycles. The molecule has 0 aliphatic carbocycles. The number of ether oxygens (including phenoxy) is 1. The number of nitrogens with one attached hydrogen (secondary N) is 2. The zero-order chi connectivity index (χ0) is 17.9. The fourth-order valence-corrected chi connectivity index (χ4v) is 3.76. The Morgan fingerprint density at radius 1 is 1.16 bits per heavy atom. The Morgan fingerprint density at radius 3 is 2.52 bits per heavy atom. The van der Waals surface area contributed by atoms with Crippen molar-refractivity contribution in [1.29, 1.82) is 0 Å². The highest BCUT2D eigenvalue weighted by molar-refractivity contribution is 6.07. The zero-order valence-electron chi connectivity index (χ0n) is 15.1. The van der Waals surface area contributed by atoms with Gasteiger partial charge in [0.1, 0.15) is 11.3 Å². The van der Waals surface area contributed by atoms with E-state index in [1.807, 2.05) is 24.3 Å². The van der Waals surface area contributed by atoms with Crippen molar-refractivity contribution in [2.75, 3.05) is 26.9 Å². The lowest BCUT2D eigenvalue weighted by atomic mass is 9.92. The van der Waals surface area contributed by atoms with Gasteiger partial charge in [-0.15, -0.1) is 0 Å². The third-order valence-corrected chi connectivity index (χ3v) is 5.36. The number of urea groups is 1. The van der Waals surface area contributed by atoms with Gasteiger partial charge in [-0.2, -0.15) is 0 Å². The van der Waals surface area contributed by atoms with Crippen molar-refractivity contribution in [3.05, 3.63) is 29.8 Å². The van der Waals surface area contributed by atoms with Crippen LogP contribution in [0.4, 0.5) is 4.79 Å². The maximum atomic E-state index is 13.1. The molecule has 2 saturated heterocycles. The van der Waals surface area contributed by atoms with Gasteiger partial charge >= 0.3 is 6.03 Å². The van der Waals surface area contributed by atoms with Gasteiger partial charge in [-0.3, -0.25) is 4.79 Å². The molecule has 0 bridgehead atoms. The van der Waals surface area contributed by atoms with Gasteiger partial charge in [-0.25, -0.2) is 9.69 Å². The number of amides is 3. The minimum atomic E-state index is -1.03. The summed E-state index contributed by atoms with van der Waals surface area (Å²) < 4.78 is 5.25. The average Bonchev–Trinajstić information content (AvgIpc) is 2.81. The van der Waals surface area contributed by atoms with Crippen LogP contribution in [0.15, 0.2) is 24.3 Å². The average molecular weight is 346 g/mol. The Hall–Kier alpha value is -2.08. The molecule has 3 rings (SSSR count). The first-order valence-electron chi connectivity index (χ1n) is 9.17. The summed E-state index contributed by atoms with van der Waals surface area (Å²) in [6, 6.07) is 7.03. The number of hydrogen-bond acceptors (Lipinski definition) is 3. The number of likely N-dealkylation sites (tertiary alicyclic amines) is 1. The van der Waals surface area contributed by atoms with E-state index in [4.69, 9.17) is 4.74 Å². The molecule has 1 aromatic rings. The highest BCUT2D eigenvalue weighted by Gasteiger charge is 2.50. The lowest BCUT2D eigenvalue weighted by Crippen LogP contribution is -3.13. The monoisotopic (exact) mass is 346 g/mol. The molecular weight excluding hydrogens is 318 g/mol. The van der Waals surface area contributed by atoms with Crippen LogP contribution in [0, 0.1) is 0 Å². The van der Waals surface area contributed by atoms with Gasteiger partial charge in [-0.05, 0) is 50.3 Å². The predicted octanol–water partition coefficient (Wildman–Crippen LogP) is 1.27.